The van der Waals surface area contributed by atoms with Crippen LogP contribution in [0.4, 0.5) is 0 Å². The number of benzene rings is 1. The highest BCUT2D eigenvalue weighted by Crippen LogP contribution is 2.20. The van der Waals surface area contributed by atoms with Crippen molar-refractivity contribution in [3.8, 4) is 0 Å². The summed E-state index contributed by atoms with van der Waals surface area (Å²) in [6.07, 6.45) is 4.68. The highest BCUT2D eigenvalue weighted by Gasteiger charge is 2.27. The Balaban J connectivity index is 0.00000341. The molecule has 8 nitrogen and oxygen atoms in total. The van der Waals surface area contributed by atoms with Crippen LogP contribution < -0.4 is 10.6 Å². The molecule has 0 saturated carbocycles. The quantitative estimate of drug-likeness (QED) is 0.220. The van der Waals surface area contributed by atoms with E-state index in [0.29, 0.717) is 32.8 Å². The lowest BCUT2D eigenvalue weighted by atomic mass is 9.97. The van der Waals surface area contributed by atoms with Gasteiger partial charge in [-0.3, -0.25) is 14.5 Å². The van der Waals surface area contributed by atoms with Gasteiger partial charge in [0, 0.05) is 45.1 Å². The molecule has 0 aliphatic carbocycles. The normalized spacial score (nSPS) is 15.1. The topological polar surface area (TPSA) is 83.8 Å². The zero-order chi connectivity index (χ0) is 21.0. The smallest absolute Gasteiger partial charge is 0.232 e. The lowest BCUT2D eigenvalue weighted by Crippen LogP contribution is -2.44. The molecule has 0 spiro atoms. The number of aromatic nitrogens is 2. The van der Waals surface area contributed by atoms with Crippen LogP contribution in [0.1, 0.15) is 24.8 Å². The number of guanidine groups is 1. The van der Waals surface area contributed by atoms with Crippen LogP contribution in [-0.4, -0.2) is 72.5 Å². The average molecular weight is 540 g/mol. The Morgan fingerprint density at radius 1 is 1.19 bits per heavy atom. The molecule has 2 heterocycles. The van der Waals surface area contributed by atoms with Crippen LogP contribution in [-0.2, 0) is 16.1 Å². The molecule has 1 unspecified atom stereocenters. The molecular weight excluding hydrogens is 507 g/mol. The second kappa shape index (κ2) is 14.0. The minimum atomic E-state index is -0.302. The fraction of sp³-hybridized carbons (Fsp3) is 0.500. The number of rotatable bonds is 9. The predicted molar refractivity (Wildman–Crippen MR) is 133 cm³/mol. The Kier molecular flexibility index (Phi) is 11.4. The molecule has 1 fully saturated rings. The number of nitrogens with zero attached hydrogens (tertiary/aromatic N) is 4. The van der Waals surface area contributed by atoms with Crippen molar-refractivity contribution in [2.24, 2.45) is 4.99 Å². The van der Waals surface area contributed by atoms with Crippen LogP contribution in [0.15, 0.2) is 53.8 Å². The average Bonchev–Trinajstić information content (AvgIpc) is 3.31. The standard InChI is InChI=1S/C22H32N6O2.HI/c1-2-23-22(24-10-6-12-28-13-7-11-26-28)25-18-20(19-8-4-3-5-9-19)21(29)27-14-16-30-17-15-27;/h3-5,7-9,11,13,20H,2,6,10,12,14-18H2,1H3,(H2,23,24,25);1H. The van der Waals surface area contributed by atoms with Crippen molar-refractivity contribution in [2.75, 3.05) is 45.9 Å². The van der Waals surface area contributed by atoms with Crippen LogP contribution in [0.2, 0.25) is 0 Å². The van der Waals surface area contributed by atoms with Crippen LogP contribution in [0.3, 0.4) is 0 Å². The van der Waals surface area contributed by atoms with Gasteiger partial charge in [-0.15, -0.1) is 24.0 Å². The van der Waals surface area contributed by atoms with Crippen molar-refractivity contribution in [1.29, 1.82) is 0 Å². The number of aryl methyl sites for hydroxylation is 1. The molecule has 0 radical (unpaired) electrons. The number of carbonyl (C=O) groups excluding carboxylic acids is 1. The van der Waals surface area contributed by atoms with Crippen LogP contribution in [0.25, 0.3) is 0 Å². The predicted octanol–water partition coefficient (Wildman–Crippen LogP) is 2.09. The lowest BCUT2D eigenvalue weighted by Gasteiger charge is -2.30. The van der Waals surface area contributed by atoms with Gasteiger partial charge in [-0.25, -0.2) is 0 Å². The second-order valence-electron chi connectivity index (χ2n) is 7.17. The van der Waals surface area contributed by atoms with Gasteiger partial charge in [-0.1, -0.05) is 30.3 Å². The lowest BCUT2D eigenvalue weighted by molar-refractivity contribution is -0.136. The zero-order valence-corrected chi connectivity index (χ0v) is 20.4. The number of halogens is 1. The van der Waals surface area contributed by atoms with Gasteiger partial charge < -0.3 is 20.3 Å². The minimum absolute atomic E-state index is 0. The SMILES string of the molecule is CCNC(=NCC(C(=O)N1CCOCC1)c1ccccc1)NCCCn1cccn1.I. The van der Waals surface area contributed by atoms with Crippen LogP contribution >= 0.6 is 24.0 Å². The molecule has 1 aromatic heterocycles. The number of carbonyl (C=O) groups is 1. The number of nitrogens with one attached hydrogen (secondary N) is 2. The van der Waals surface area contributed by atoms with Crippen molar-refractivity contribution < 1.29 is 9.53 Å². The van der Waals surface area contributed by atoms with Crippen LogP contribution in [0, 0.1) is 0 Å². The number of morpholine rings is 1. The molecule has 3 rings (SSSR count). The van der Waals surface area contributed by atoms with Crippen molar-refractivity contribution in [2.45, 2.75) is 25.8 Å². The first-order chi connectivity index (χ1) is 14.8. The summed E-state index contributed by atoms with van der Waals surface area (Å²) >= 11 is 0. The summed E-state index contributed by atoms with van der Waals surface area (Å²) in [6.45, 7) is 7.28. The van der Waals surface area contributed by atoms with E-state index < -0.39 is 0 Å². The summed E-state index contributed by atoms with van der Waals surface area (Å²) in [6, 6.07) is 11.8. The van der Waals surface area contributed by atoms with Crippen molar-refractivity contribution in [3.05, 3.63) is 54.4 Å². The van der Waals surface area contributed by atoms with Crippen molar-refractivity contribution in [1.82, 2.24) is 25.3 Å². The largest absolute Gasteiger partial charge is 0.378 e. The second-order valence-corrected chi connectivity index (χ2v) is 7.17. The van der Waals surface area contributed by atoms with Gasteiger partial charge in [0.05, 0.1) is 25.7 Å². The first-order valence-electron chi connectivity index (χ1n) is 10.7. The summed E-state index contributed by atoms with van der Waals surface area (Å²) in [5.74, 6) is 0.542. The Labute approximate surface area is 201 Å². The van der Waals surface area contributed by atoms with E-state index in [2.05, 4.69) is 15.7 Å². The summed E-state index contributed by atoms with van der Waals surface area (Å²) in [5, 5.41) is 10.9. The molecule has 1 atom stereocenters. The third kappa shape index (κ3) is 8.13. The molecule has 170 valence electrons. The fourth-order valence-electron chi connectivity index (χ4n) is 3.42. The van der Waals surface area contributed by atoms with E-state index in [4.69, 9.17) is 9.73 Å². The molecule has 2 aromatic rings. The first-order valence-corrected chi connectivity index (χ1v) is 10.7. The van der Waals surface area contributed by atoms with E-state index in [1.54, 1.807) is 6.20 Å². The molecule has 2 N–H and O–H groups in total. The van der Waals surface area contributed by atoms with Gasteiger partial charge in [0.25, 0.3) is 0 Å². The molecular formula is C22H33IN6O2. The third-order valence-electron chi connectivity index (χ3n) is 5.01. The number of ether oxygens (including phenoxy) is 1. The molecule has 1 aromatic carbocycles. The molecule has 1 saturated heterocycles. The highest BCUT2D eigenvalue weighted by molar-refractivity contribution is 14.0. The minimum Gasteiger partial charge on any atom is -0.378 e. The van der Waals surface area contributed by atoms with E-state index >= 15 is 0 Å². The summed E-state index contributed by atoms with van der Waals surface area (Å²) < 4.78 is 7.31. The number of amides is 1. The van der Waals surface area contributed by atoms with Gasteiger partial charge >= 0.3 is 0 Å². The van der Waals surface area contributed by atoms with Gasteiger partial charge in [0.15, 0.2) is 5.96 Å². The molecule has 1 amide bonds. The van der Waals surface area contributed by atoms with E-state index in [1.165, 1.54) is 0 Å². The van der Waals surface area contributed by atoms with E-state index in [9.17, 15) is 4.79 Å². The van der Waals surface area contributed by atoms with E-state index in [-0.39, 0.29) is 35.8 Å². The Morgan fingerprint density at radius 2 is 1.97 bits per heavy atom. The third-order valence-corrected chi connectivity index (χ3v) is 5.01. The van der Waals surface area contributed by atoms with Gasteiger partial charge in [-0.05, 0) is 25.0 Å². The molecule has 0 bridgehead atoms. The van der Waals surface area contributed by atoms with Gasteiger partial charge in [-0.2, -0.15) is 5.10 Å². The highest BCUT2D eigenvalue weighted by atomic mass is 127. The summed E-state index contributed by atoms with van der Waals surface area (Å²) in [5.41, 5.74) is 0.993. The molecule has 31 heavy (non-hydrogen) atoms. The van der Waals surface area contributed by atoms with Crippen LogP contribution in [0.5, 0.6) is 0 Å². The van der Waals surface area contributed by atoms with Gasteiger partial charge in [0.2, 0.25) is 5.91 Å². The zero-order valence-electron chi connectivity index (χ0n) is 18.1. The maximum Gasteiger partial charge on any atom is 0.232 e. The van der Waals surface area contributed by atoms with E-state index in [0.717, 1.165) is 37.6 Å². The Hall–Kier alpha value is -2.14. The maximum absolute atomic E-state index is 13.2. The van der Waals surface area contributed by atoms with Crippen molar-refractivity contribution >= 4 is 35.8 Å². The molecule has 9 heteroatoms. The maximum atomic E-state index is 13.2. The molecule has 1 aliphatic rings. The first kappa shape index (κ1) is 25.1. The number of hydrogen-bond acceptors (Lipinski definition) is 4. The fourth-order valence-corrected chi connectivity index (χ4v) is 3.42. The monoisotopic (exact) mass is 540 g/mol. The van der Waals surface area contributed by atoms with Crippen molar-refractivity contribution in [3.63, 3.8) is 0 Å². The Bertz CT molecular complexity index is 779. The summed E-state index contributed by atoms with van der Waals surface area (Å²) in [4.78, 5) is 19.8. The van der Waals surface area contributed by atoms with Gasteiger partial charge in [0.1, 0.15) is 0 Å². The summed E-state index contributed by atoms with van der Waals surface area (Å²) in [7, 11) is 0. The molecule has 1 aliphatic heterocycles. The Morgan fingerprint density at radius 3 is 2.65 bits per heavy atom. The number of hydrogen-bond donors (Lipinski definition) is 2. The van der Waals surface area contributed by atoms with E-state index in [1.807, 2.05) is 59.1 Å². The number of aliphatic imine (C=N–C) groups is 1.